The van der Waals surface area contributed by atoms with E-state index in [1.54, 1.807) is 24.3 Å². The standard InChI is InChI=1S/C46H56N6O16S/c1-45(2,16-17-49-44(69)50-25-5-8-28(31(21-25)40(59)60)39-29-9-6-26(53)22-34(29)68-35-23-27(54)7-10-30(35)39)67-24-46(3,4)66-20-15-37(56)48-19-18-47-36(55)13-11-32(41(61)62)51-43(65)52-33(42(63)64)12-14-38(57)58/h5-10,21-23,32-33,53H,11-20,24H2,1-4H3,(H,47,55)(H,48,56)(H,57,58)(H,59,60)(H,61,62)(H,63,64)(H2,49,50,69)(H2,51,52,65)/t32-,33-/m0/s1. The molecule has 1 aliphatic heterocycles. The fourth-order valence-electron chi connectivity index (χ4n) is 6.72. The maximum Gasteiger partial charge on any atom is 0.336 e. The summed E-state index contributed by atoms with van der Waals surface area (Å²) < 4.78 is 18.0. The largest absolute Gasteiger partial charge is 0.508 e. The fraction of sp³-hybridized carbons (Fsp3) is 0.413. The minimum absolute atomic E-state index is 0.00385. The maximum atomic E-state index is 12.6. The normalized spacial score (nSPS) is 12.3. The van der Waals surface area contributed by atoms with Gasteiger partial charge in [-0.2, -0.15) is 0 Å². The number of ether oxygens (including phenoxy) is 2. The van der Waals surface area contributed by atoms with Gasteiger partial charge in [-0.1, -0.05) is 6.07 Å². The summed E-state index contributed by atoms with van der Waals surface area (Å²) in [6, 6.07) is 9.19. The summed E-state index contributed by atoms with van der Waals surface area (Å²) in [7, 11) is 0. The zero-order valence-corrected chi connectivity index (χ0v) is 39.1. The molecule has 0 spiro atoms. The summed E-state index contributed by atoms with van der Waals surface area (Å²) in [5.74, 6) is -6.23. The Kier molecular flexibility index (Phi) is 19.3. The summed E-state index contributed by atoms with van der Waals surface area (Å²) in [6.45, 7) is 8.10. The second-order valence-electron chi connectivity index (χ2n) is 17.0. The van der Waals surface area contributed by atoms with Gasteiger partial charge in [-0.3, -0.25) is 19.2 Å². The second-order valence-corrected chi connectivity index (χ2v) is 17.4. The number of rotatable bonds is 26. The van der Waals surface area contributed by atoms with E-state index in [0.29, 0.717) is 40.7 Å². The number of phenolic OH excluding ortho intramolecular Hbond substituents is 1. The van der Waals surface area contributed by atoms with Gasteiger partial charge < -0.3 is 71.3 Å². The molecule has 2 atom stereocenters. The number of aromatic carboxylic acids is 1. The summed E-state index contributed by atoms with van der Waals surface area (Å²) in [5, 5.41) is 63.9. The van der Waals surface area contributed by atoms with Crippen molar-refractivity contribution in [1.29, 1.82) is 0 Å². The monoisotopic (exact) mass is 980 g/mol. The average molecular weight is 981 g/mol. The quantitative estimate of drug-likeness (QED) is 0.0243. The van der Waals surface area contributed by atoms with Gasteiger partial charge in [0.1, 0.15) is 29.2 Å². The Labute approximate surface area is 400 Å². The first kappa shape index (κ1) is 54.2. The summed E-state index contributed by atoms with van der Waals surface area (Å²) in [4.78, 5) is 95.2. The molecule has 2 aliphatic rings. The smallest absolute Gasteiger partial charge is 0.336 e. The molecule has 11 N–H and O–H groups in total. The molecule has 0 saturated heterocycles. The van der Waals surface area contributed by atoms with Crippen molar-refractivity contribution in [3.8, 4) is 28.2 Å². The Morgan fingerprint density at radius 3 is 1.96 bits per heavy atom. The van der Waals surface area contributed by atoms with Gasteiger partial charge in [-0.15, -0.1) is 0 Å². The summed E-state index contributed by atoms with van der Waals surface area (Å²) in [5.41, 5.74) is 0.299. The number of fused-ring (bicyclic) bond motifs is 2. The number of phenols is 1. The molecule has 0 radical (unpaired) electrons. The highest BCUT2D eigenvalue weighted by atomic mass is 32.1. The van der Waals surface area contributed by atoms with Gasteiger partial charge in [0.2, 0.25) is 11.8 Å². The van der Waals surface area contributed by atoms with Crippen molar-refractivity contribution in [1.82, 2.24) is 26.6 Å². The van der Waals surface area contributed by atoms with E-state index in [1.807, 2.05) is 33.0 Å². The van der Waals surface area contributed by atoms with Gasteiger partial charge >= 0.3 is 29.9 Å². The molecular formula is C46H56N6O16S. The maximum absolute atomic E-state index is 12.6. The van der Waals surface area contributed by atoms with Crippen LogP contribution in [0.3, 0.4) is 0 Å². The lowest BCUT2D eigenvalue weighted by atomic mass is 9.90. The van der Waals surface area contributed by atoms with Gasteiger partial charge in [0.25, 0.3) is 0 Å². The van der Waals surface area contributed by atoms with E-state index < -0.39 is 71.9 Å². The molecule has 0 aromatic heterocycles. The minimum Gasteiger partial charge on any atom is -0.508 e. The Bertz CT molecular complexity index is 2580. The molecule has 372 valence electrons. The number of benzene rings is 3. The molecule has 2 aromatic carbocycles. The Morgan fingerprint density at radius 1 is 0.710 bits per heavy atom. The van der Waals surface area contributed by atoms with Crippen molar-refractivity contribution < 1.29 is 73.0 Å². The predicted octanol–water partition coefficient (Wildman–Crippen LogP) is 3.71. The highest BCUT2D eigenvalue weighted by Gasteiger charge is 2.28. The number of hydrogen-bond acceptors (Lipinski definition) is 13. The van der Waals surface area contributed by atoms with Gasteiger partial charge in [0.05, 0.1) is 30.0 Å². The van der Waals surface area contributed by atoms with Crippen molar-refractivity contribution in [3.05, 3.63) is 70.4 Å². The molecule has 23 heteroatoms. The van der Waals surface area contributed by atoms with E-state index in [4.69, 9.17) is 31.2 Å². The number of carbonyl (C=O) groups excluding carboxylic acids is 3. The first-order valence-corrected chi connectivity index (χ1v) is 22.0. The Morgan fingerprint density at radius 2 is 1.33 bits per heavy atom. The molecule has 4 amide bonds. The highest BCUT2D eigenvalue weighted by molar-refractivity contribution is 7.80. The molecule has 69 heavy (non-hydrogen) atoms. The first-order valence-electron chi connectivity index (χ1n) is 21.6. The van der Waals surface area contributed by atoms with Crippen LogP contribution in [0, 0.1) is 0 Å². The molecule has 0 bridgehead atoms. The van der Waals surface area contributed by atoms with Crippen LogP contribution in [0.15, 0.2) is 63.8 Å². The number of aliphatic carboxylic acids is 3. The van der Waals surface area contributed by atoms with E-state index in [9.17, 15) is 58.8 Å². The van der Waals surface area contributed by atoms with E-state index in [1.165, 1.54) is 30.3 Å². The molecule has 0 saturated carbocycles. The van der Waals surface area contributed by atoms with Crippen LogP contribution in [-0.2, 0) is 33.4 Å². The lowest BCUT2D eigenvalue weighted by molar-refractivity contribution is -0.141. The average Bonchev–Trinajstić information content (AvgIpc) is 3.26. The van der Waals surface area contributed by atoms with Gasteiger partial charge in [0.15, 0.2) is 10.5 Å². The molecule has 0 unspecified atom stereocenters. The SMILES string of the molecule is CC(C)(CCNC(=S)Nc1ccc(-c2c3ccc(=O)cc-3oc3cc(O)ccc23)c(C(=O)O)c1)OCC(C)(C)OCCC(=O)NCCNC(=O)CC[C@H](NC(=O)N[C@@H](CCC(=O)O)C(=O)O)C(=O)O. The number of anilines is 1. The number of aromatic hydroxyl groups is 1. The van der Waals surface area contributed by atoms with Gasteiger partial charge in [-0.25, -0.2) is 19.2 Å². The molecular weight excluding hydrogens is 925 g/mol. The number of amides is 4. The molecule has 1 aliphatic carbocycles. The van der Waals surface area contributed by atoms with Crippen LogP contribution in [0.1, 0.15) is 76.6 Å². The van der Waals surface area contributed by atoms with E-state index in [-0.39, 0.29) is 84.7 Å². The molecule has 4 rings (SSSR count). The summed E-state index contributed by atoms with van der Waals surface area (Å²) in [6.07, 6.45) is -1.13. The van der Waals surface area contributed by atoms with E-state index >= 15 is 0 Å². The third-order valence-electron chi connectivity index (χ3n) is 10.4. The molecule has 0 fully saturated rings. The van der Waals surface area contributed by atoms with Crippen LogP contribution >= 0.6 is 12.2 Å². The van der Waals surface area contributed by atoms with Crippen LogP contribution in [0.4, 0.5) is 10.5 Å². The van der Waals surface area contributed by atoms with Crippen molar-refractivity contribution in [2.75, 3.05) is 38.2 Å². The number of nitrogens with one attached hydrogen (secondary N) is 6. The lowest BCUT2D eigenvalue weighted by Gasteiger charge is -2.32. The Hall–Kier alpha value is -7.37. The zero-order chi connectivity index (χ0) is 51.1. The summed E-state index contributed by atoms with van der Waals surface area (Å²) >= 11 is 5.51. The fourth-order valence-corrected chi connectivity index (χ4v) is 6.94. The van der Waals surface area contributed by atoms with Crippen molar-refractivity contribution in [3.63, 3.8) is 0 Å². The van der Waals surface area contributed by atoms with Crippen molar-refractivity contribution >= 4 is 75.7 Å². The zero-order valence-electron chi connectivity index (χ0n) is 38.3. The predicted molar refractivity (Wildman–Crippen MR) is 253 cm³/mol. The van der Waals surface area contributed by atoms with Crippen molar-refractivity contribution in [2.45, 2.75) is 89.5 Å². The number of thiocarbonyl (C=S) groups is 1. The number of carbonyl (C=O) groups is 7. The Balaban J connectivity index is 1.15. The van der Waals surface area contributed by atoms with Crippen LogP contribution in [0.2, 0.25) is 0 Å². The van der Waals surface area contributed by atoms with Crippen LogP contribution in [-0.4, -0.2) is 129 Å². The van der Waals surface area contributed by atoms with E-state index in [2.05, 4.69) is 26.6 Å². The first-order chi connectivity index (χ1) is 32.4. The molecule has 22 nitrogen and oxygen atoms in total. The number of hydrogen-bond donors (Lipinski definition) is 11. The third kappa shape index (κ3) is 17.3. The van der Waals surface area contributed by atoms with Crippen LogP contribution in [0.25, 0.3) is 33.4 Å². The molecule has 1 heterocycles. The molecule has 2 aromatic rings. The second kappa shape index (κ2) is 24.6. The van der Waals surface area contributed by atoms with Gasteiger partial charge in [0, 0.05) is 73.2 Å². The topological polar surface area (TPSA) is 341 Å². The van der Waals surface area contributed by atoms with Crippen LogP contribution in [0.5, 0.6) is 5.75 Å². The lowest BCUT2D eigenvalue weighted by Crippen LogP contribution is -2.51. The number of urea groups is 1. The van der Waals surface area contributed by atoms with Crippen molar-refractivity contribution in [2.24, 2.45) is 0 Å². The van der Waals surface area contributed by atoms with Crippen LogP contribution < -0.4 is 37.3 Å². The number of carboxylic acid groups (broad SMARTS) is 4. The van der Waals surface area contributed by atoms with E-state index in [0.717, 1.165) is 0 Å². The van der Waals surface area contributed by atoms with Gasteiger partial charge in [-0.05, 0) is 101 Å². The minimum atomic E-state index is -1.57. The third-order valence-corrected chi connectivity index (χ3v) is 10.6. The number of carboxylic acids is 4. The highest BCUT2D eigenvalue weighted by Crippen LogP contribution is 2.42.